The van der Waals surface area contributed by atoms with E-state index in [4.69, 9.17) is 0 Å². The topological polar surface area (TPSA) is 0 Å². The van der Waals surface area contributed by atoms with Crippen molar-refractivity contribution < 1.29 is 0 Å². The van der Waals surface area contributed by atoms with E-state index in [0.29, 0.717) is 0 Å². The van der Waals surface area contributed by atoms with E-state index in [2.05, 4.69) is 84.7 Å². The van der Waals surface area contributed by atoms with E-state index in [1.54, 1.807) is 8.12 Å². The van der Waals surface area contributed by atoms with E-state index in [0.717, 1.165) is 11.1 Å². The molecule has 21 heavy (non-hydrogen) atoms. The molecule has 0 N–H and O–H groups in total. The Kier molecular flexibility index (Phi) is 5.32. The van der Waals surface area contributed by atoms with Gasteiger partial charge in [-0.15, -0.1) is 0 Å². The molecule has 0 heterocycles. The maximum absolute atomic E-state index is 2.73. The normalized spacial score (nSPS) is 20.1. The van der Waals surface area contributed by atoms with Gasteiger partial charge in [0.15, 0.2) is 0 Å². The van der Waals surface area contributed by atoms with E-state index >= 15 is 0 Å². The van der Waals surface area contributed by atoms with E-state index in [1.165, 1.54) is 0 Å². The SMILES string of the molecule is C[Si](C)([CH2][Sn]([CH3])([CH3])[CH2][Si](C)(C)C1C=CC=C1)C1C=CC=C1. The van der Waals surface area contributed by atoms with Crippen LogP contribution in [0.25, 0.3) is 0 Å². The Morgan fingerprint density at radius 1 is 0.667 bits per heavy atom. The molecule has 0 amide bonds. The Morgan fingerprint density at radius 2 is 0.952 bits per heavy atom. The fraction of sp³-hybridized carbons (Fsp3) is 0.556. The molecule has 0 unspecified atom stereocenters. The second-order valence-electron chi connectivity index (χ2n) is 9.09. The molecule has 0 bridgehead atoms. The Morgan fingerprint density at radius 3 is 1.24 bits per heavy atom. The zero-order chi connectivity index (χ0) is 15.7. The van der Waals surface area contributed by atoms with Crippen molar-refractivity contribution in [2.75, 3.05) is 0 Å². The van der Waals surface area contributed by atoms with E-state index in [1.807, 2.05) is 0 Å². The first-order valence-corrected chi connectivity index (χ1v) is 24.6. The van der Waals surface area contributed by atoms with Crippen LogP contribution in [0.1, 0.15) is 0 Å². The predicted molar refractivity (Wildman–Crippen MR) is 106 cm³/mol. The van der Waals surface area contributed by atoms with Crippen molar-refractivity contribution in [1.29, 1.82) is 0 Å². The van der Waals surface area contributed by atoms with E-state index in [-0.39, 0.29) is 0 Å². The predicted octanol–water partition coefficient (Wildman–Crippen LogP) is 6.18. The number of rotatable bonds is 6. The van der Waals surface area contributed by atoms with Gasteiger partial charge in [0.05, 0.1) is 0 Å². The molecule has 0 fully saturated rings. The summed E-state index contributed by atoms with van der Waals surface area (Å²) in [5.41, 5.74) is 1.59. The van der Waals surface area contributed by atoms with Crippen molar-refractivity contribution in [3.05, 3.63) is 48.6 Å². The zero-order valence-corrected chi connectivity index (χ0v) is 19.5. The monoisotopic (exact) mass is 424 g/mol. The fourth-order valence-electron chi connectivity index (χ4n) is 4.67. The standard InChI is InChI=1S/2C8H13Si.2CH3.Sn/c2*1-9(2,3)8-6-4-5-7-8;;;/h2*4-8H,1H2,2-3H3;2*1H3;. The molecule has 0 aromatic carbocycles. The van der Waals surface area contributed by atoms with Crippen molar-refractivity contribution in [2.45, 2.75) is 55.3 Å². The quantitative estimate of drug-likeness (QED) is 0.448. The molecular weight excluding hydrogens is 391 g/mol. The van der Waals surface area contributed by atoms with Crippen molar-refractivity contribution >= 4 is 34.5 Å². The first-order valence-electron chi connectivity index (χ1n) is 8.32. The Labute approximate surface area is 138 Å². The van der Waals surface area contributed by atoms with Gasteiger partial charge in [-0.1, -0.05) is 0 Å². The van der Waals surface area contributed by atoms with Crippen LogP contribution in [-0.4, -0.2) is 34.5 Å². The summed E-state index contributed by atoms with van der Waals surface area (Å²) in [6.07, 6.45) is 18.9. The van der Waals surface area contributed by atoms with Crippen LogP contribution >= 0.6 is 0 Å². The van der Waals surface area contributed by atoms with Crippen molar-refractivity contribution in [2.24, 2.45) is 0 Å². The van der Waals surface area contributed by atoms with Crippen LogP contribution in [0.2, 0.25) is 55.3 Å². The van der Waals surface area contributed by atoms with Gasteiger partial charge in [0.25, 0.3) is 0 Å². The maximum atomic E-state index is 2.73. The van der Waals surface area contributed by atoms with Crippen molar-refractivity contribution in [3.63, 3.8) is 0 Å². The van der Waals surface area contributed by atoms with Crippen LogP contribution in [0.4, 0.5) is 0 Å². The first-order chi connectivity index (χ1) is 9.62. The van der Waals surface area contributed by atoms with Gasteiger partial charge in [-0.2, -0.15) is 0 Å². The molecule has 2 aliphatic rings. The molecule has 0 saturated carbocycles. The summed E-state index contributed by atoms with van der Waals surface area (Å²) in [7, 11) is -2.28. The molecule has 0 aromatic heterocycles. The zero-order valence-electron chi connectivity index (χ0n) is 14.7. The number of hydrogen-bond acceptors (Lipinski definition) is 0. The first kappa shape index (κ1) is 17.5. The van der Waals surface area contributed by atoms with Gasteiger partial charge in [-0.05, 0) is 0 Å². The average molecular weight is 423 g/mol. The van der Waals surface area contributed by atoms with Crippen LogP contribution < -0.4 is 0 Å². The molecule has 0 atom stereocenters. The van der Waals surface area contributed by atoms with Crippen LogP contribution in [0, 0.1) is 0 Å². The van der Waals surface area contributed by atoms with Gasteiger partial charge < -0.3 is 0 Å². The summed E-state index contributed by atoms with van der Waals surface area (Å²) < 4.78 is 3.27. The van der Waals surface area contributed by atoms with Gasteiger partial charge in [0.1, 0.15) is 0 Å². The molecule has 0 radical (unpaired) electrons. The van der Waals surface area contributed by atoms with Gasteiger partial charge in [-0.25, -0.2) is 0 Å². The van der Waals surface area contributed by atoms with Gasteiger partial charge in [0, 0.05) is 0 Å². The Balaban J connectivity index is 2.04. The van der Waals surface area contributed by atoms with Crippen LogP contribution in [0.5, 0.6) is 0 Å². The third-order valence-corrected chi connectivity index (χ3v) is 45.3. The van der Waals surface area contributed by atoms with Crippen LogP contribution in [-0.2, 0) is 0 Å². The third kappa shape index (κ3) is 4.58. The van der Waals surface area contributed by atoms with E-state index < -0.39 is 34.5 Å². The van der Waals surface area contributed by atoms with E-state index in [9.17, 15) is 0 Å². The Hall–Kier alpha value is 0.192. The van der Waals surface area contributed by atoms with Crippen molar-refractivity contribution in [3.8, 4) is 0 Å². The summed E-state index contributed by atoms with van der Waals surface area (Å²) >= 11 is -1.94. The second-order valence-corrected chi connectivity index (χ2v) is 37.5. The minimum atomic E-state index is -1.94. The fourth-order valence-corrected chi connectivity index (χ4v) is 62.6. The molecular formula is C18H32Si2Sn. The molecule has 0 aliphatic heterocycles. The Bertz CT molecular complexity index is 427. The van der Waals surface area contributed by atoms with Gasteiger partial charge >= 0.3 is 138 Å². The summed E-state index contributed by atoms with van der Waals surface area (Å²) in [6.45, 7) is 10.5. The summed E-state index contributed by atoms with van der Waals surface area (Å²) in [6, 6.07) is 0. The molecule has 116 valence electrons. The number of hydrogen-bond donors (Lipinski definition) is 0. The summed E-state index contributed by atoms with van der Waals surface area (Å²) in [5.74, 6) is 0. The van der Waals surface area contributed by atoms with Crippen LogP contribution in [0.15, 0.2) is 48.6 Å². The molecule has 0 saturated heterocycles. The third-order valence-electron chi connectivity index (χ3n) is 5.17. The summed E-state index contributed by atoms with van der Waals surface area (Å²) in [4.78, 5) is 5.45. The molecule has 0 nitrogen and oxygen atoms in total. The summed E-state index contributed by atoms with van der Waals surface area (Å²) in [5, 5.41) is 0. The number of allylic oxidation sites excluding steroid dienone is 8. The van der Waals surface area contributed by atoms with Crippen LogP contribution in [0.3, 0.4) is 0 Å². The molecule has 0 spiro atoms. The molecule has 2 aliphatic carbocycles. The molecule has 2 rings (SSSR count). The minimum absolute atomic E-state index is 0.796. The van der Waals surface area contributed by atoms with Gasteiger partial charge in [-0.3, -0.25) is 0 Å². The van der Waals surface area contributed by atoms with Crippen molar-refractivity contribution in [1.82, 2.24) is 0 Å². The average Bonchev–Trinajstić information content (AvgIpc) is 3.00. The van der Waals surface area contributed by atoms with Gasteiger partial charge in [0.2, 0.25) is 0 Å². The molecule has 3 heteroatoms. The molecule has 0 aromatic rings. The second kappa shape index (κ2) is 6.36.